The van der Waals surface area contributed by atoms with Gasteiger partial charge in [0.2, 0.25) is 0 Å². The predicted molar refractivity (Wildman–Crippen MR) is 82.9 cm³/mol. The van der Waals surface area contributed by atoms with Gasteiger partial charge in [-0.25, -0.2) is 0 Å². The molecular formula is C17H26N2O. The topological polar surface area (TPSA) is 23.6 Å². The second kappa shape index (κ2) is 8.05. The molecule has 0 saturated carbocycles. The average molecular weight is 274 g/mol. The van der Waals surface area contributed by atoms with Crippen LogP contribution in [0.2, 0.25) is 0 Å². The first kappa shape index (κ1) is 15.0. The van der Waals surface area contributed by atoms with E-state index in [9.17, 15) is 4.79 Å². The summed E-state index contributed by atoms with van der Waals surface area (Å²) in [5, 5.41) is 0. The molecule has 0 N–H and O–H groups in total. The molecule has 0 aliphatic carbocycles. The van der Waals surface area contributed by atoms with Crippen molar-refractivity contribution in [2.24, 2.45) is 0 Å². The Morgan fingerprint density at radius 3 is 2.55 bits per heavy atom. The van der Waals surface area contributed by atoms with Crippen molar-refractivity contribution in [3.05, 3.63) is 35.9 Å². The van der Waals surface area contributed by atoms with E-state index in [2.05, 4.69) is 11.8 Å². The number of amides is 1. The van der Waals surface area contributed by atoms with Crippen LogP contribution in [0.3, 0.4) is 0 Å². The van der Waals surface area contributed by atoms with Crippen molar-refractivity contribution >= 4 is 5.91 Å². The van der Waals surface area contributed by atoms with Gasteiger partial charge in [-0.15, -0.1) is 0 Å². The second-order valence-electron chi connectivity index (χ2n) is 5.56. The summed E-state index contributed by atoms with van der Waals surface area (Å²) >= 11 is 0. The van der Waals surface area contributed by atoms with Crippen molar-refractivity contribution in [2.75, 3.05) is 32.7 Å². The van der Waals surface area contributed by atoms with Crippen LogP contribution in [0.5, 0.6) is 0 Å². The molecule has 0 radical (unpaired) electrons. The van der Waals surface area contributed by atoms with Crippen LogP contribution >= 0.6 is 0 Å². The largest absolute Gasteiger partial charge is 0.337 e. The van der Waals surface area contributed by atoms with Gasteiger partial charge < -0.3 is 9.80 Å². The van der Waals surface area contributed by atoms with Crippen molar-refractivity contribution < 1.29 is 4.79 Å². The summed E-state index contributed by atoms with van der Waals surface area (Å²) in [6, 6.07) is 9.65. The van der Waals surface area contributed by atoms with Crippen molar-refractivity contribution in [2.45, 2.75) is 32.6 Å². The highest BCUT2D eigenvalue weighted by atomic mass is 16.2. The van der Waals surface area contributed by atoms with Gasteiger partial charge in [0, 0.05) is 25.2 Å². The highest BCUT2D eigenvalue weighted by Crippen LogP contribution is 2.10. The molecule has 1 aromatic rings. The van der Waals surface area contributed by atoms with Crippen LogP contribution < -0.4 is 0 Å². The van der Waals surface area contributed by atoms with Crippen LogP contribution in [0.15, 0.2) is 30.3 Å². The standard InChI is InChI=1S/C17H26N2O/c1-2-3-11-18-12-7-8-13-19(15-14-18)17(20)16-9-5-4-6-10-16/h4-6,9-10H,2-3,7-8,11-15H2,1H3. The smallest absolute Gasteiger partial charge is 0.253 e. The molecule has 0 spiro atoms. The van der Waals surface area contributed by atoms with Gasteiger partial charge in [0.25, 0.3) is 5.91 Å². The van der Waals surface area contributed by atoms with Crippen molar-refractivity contribution in [1.82, 2.24) is 9.80 Å². The van der Waals surface area contributed by atoms with E-state index in [4.69, 9.17) is 0 Å². The Morgan fingerprint density at radius 1 is 1.05 bits per heavy atom. The minimum atomic E-state index is 0.183. The normalized spacial score (nSPS) is 17.6. The van der Waals surface area contributed by atoms with Gasteiger partial charge in [-0.2, -0.15) is 0 Å². The third-order valence-electron chi connectivity index (χ3n) is 3.97. The maximum Gasteiger partial charge on any atom is 0.253 e. The molecule has 0 aromatic heterocycles. The monoisotopic (exact) mass is 274 g/mol. The summed E-state index contributed by atoms with van der Waals surface area (Å²) in [6.45, 7) is 7.36. The third kappa shape index (κ3) is 4.34. The maximum absolute atomic E-state index is 12.5. The lowest BCUT2D eigenvalue weighted by Crippen LogP contribution is -2.42. The summed E-state index contributed by atoms with van der Waals surface area (Å²) in [6.07, 6.45) is 4.80. The van der Waals surface area contributed by atoms with E-state index in [1.54, 1.807) is 0 Å². The molecule has 1 fully saturated rings. The molecule has 0 atom stereocenters. The zero-order valence-electron chi connectivity index (χ0n) is 12.6. The first-order valence-electron chi connectivity index (χ1n) is 7.88. The Bertz CT molecular complexity index is 403. The van der Waals surface area contributed by atoms with Crippen LogP contribution in [0, 0.1) is 0 Å². The molecule has 110 valence electrons. The molecule has 1 saturated heterocycles. The van der Waals surface area contributed by atoms with E-state index in [-0.39, 0.29) is 5.91 Å². The fraction of sp³-hybridized carbons (Fsp3) is 0.588. The lowest BCUT2D eigenvalue weighted by molar-refractivity contribution is 0.0709. The summed E-state index contributed by atoms with van der Waals surface area (Å²) in [5.74, 6) is 0.183. The van der Waals surface area contributed by atoms with E-state index in [1.807, 2.05) is 35.2 Å². The van der Waals surface area contributed by atoms with Crippen LogP contribution in [0.25, 0.3) is 0 Å². The minimum absolute atomic E-state index is 0.183. The number of carbonyl (C=O) groups is 1. The van der Waals surface area contributed by atoms with Crippen molar-refractivity contribution in [1.29, 1.82) is 0 Å². The average Bonchev–Trinajstić information content (AvgIpc) is 2.47. The molecule has 1 amide bonds. The number of unbranched alkanes of at least 4 members (excludes halogenated alkanes) is 1. The van der Waals surface area contributed by atoms with Crippen LogP contribution in [0.4, 0.5) is 0 Å². The summed E-state index contributed by atoms with van der Waals surface area (Å²) < 4.78 is 0. The van der Waals surface area contributed by atoms with Gasteiger partial charge in [0.15, 0.2) is 0 Å². The molecule has 0 bridgehead atoms. The molecule has 1 aliphatic rings. The first-order chi connectivity index (χ1) is 9.81. The Kier molecular flexibility index (Phi) is 6.06. The Hall–Kier alpha value is -1.35. The Labute approximate surface area is 122 Å². The van der Waals surface area contributed by atoms with Crippen LogP contribution in [0.1, 0.15) is 43.0 Å². The number of carbonyl (C=O) groups excluding carboxylic acids is 1. The fourth-order valence-corrected chi connectivity index (χ4v) is 2.70. The number of benzene rings is 1. The Morgan fingerprint density at radius 2 is 1.80 bits per heavy atom. The summed E-state index contributed by atoms with van der Waals surface area (Å²) in [5.41, 5.74) is 0.813. The lowest BCUT2D eigenvalue weighted by Gasteiger charge is -2.31. The summed E-state index contributed by atoms with van der Waals surface area (Å²) in [4.78, 5) is 17.0. The van der Waals surface area contributed by atoms with Gasteiger partial charge in [-0.3, -0.25) is 4.79 Å². The van der Waals surface area contributed by atoms with E-state index in [1.165, 1.54) is 32.4 Å². The van der Waals surface area contributed by atoms with Gasteiger partial charge in [-0.1, -0.05) is 31.5 Å². The molecule has 1 aliphatic heterocycles. The summed E-state index contributed by atoms with van der Waals surface area (Å²) in [7, 11) is 0. The molecule has 1 heterocycles. The zero-order valence-corrected chi connectivity index (χ0v) is 12.6. The number of rotatable bonds is 4. The molecule has 20 heavy (non-hydrogen) atoms. The zero-order chi connectivity index (χ0) is 14.2. The molecule has 0 unspecified atom stereocenters. The molecule has 1 aromatic carbocycles. The Balaban J connectivity index is 1.93. The van der Waals surface area contributed by atoms with Crippen LogP contribution in [-0.4, -0.2) is 48.4 Å². The fourth-order valence-electron chi connectivity index (χ4n) is 2.70. The van der Waals surface area contributed by atoms with E-state index in [0.29, 0.717) is 0 Å². The van der Waals surface area contributed by atoms with Gasteiger partial charge in [0.1, 0.15) is 0 Å². The van der Waals surface area contributed by atoms with Gasteiger partial charge >= 0.3 is 0 Å². The number of hydrogen-bond acceptors (Lipinski definition) is 2. The second-order valence-corrected chi connectivity index (χ2v) is 5.56. The molecule has 2 rings (SSSR count). The van der Waals surface area contributed by atoms with Crippen molar-refractivity contribution in [3.63, 3.8) is 0 Å². The van der Waals surface area contributed by atoms with E-state index >= 15 is 0 Å². The third-order valence-corrected chi connectivity index (χ3v) is 3.97. The quantitative estimate of drug-likeness (QED) is 0.842. The van der Waals surface area contributed by atoms with Gasteiger partial charge in [0.05, 0.1) is 0 Å². The van der Waals surface area contributed by atoms with Crippen LogP contribution in [-0.2, 0) is 0 Å². The molecular weight excluding hydrogens is 248 g/mol. The first-order valence-corrected chi connectivity index (χ1v) is 7.88. The minimum Gasteiger partial charge on any atom is -0.337 e. The lowest BCUT2D eigenvalue weighted by atomic mass is 10.1. The number of hydrogen-bond donors (Lipinski definition) is 0. The van der Waals surface area contributed by atoms with Gasteiger partial charge in [-0.05, 0) is 44.5 Å². The SMILES string of the molecule is CCCCN1CCCCN(C(=O)c2ccccc2)CC1. The maximum atomic E-state index is 12.5. The highest BCUT2D eigenvalue weighted by Gasteiger charge is 2.18. The molecule has 3 heteroatoms. The highest BCUT2D eigenvalue weighted by molar-refractivity contribution is 5.94. The van der Waals surface area contributed by atoms with E-state index in [0.717, 1.165) is 31.6 Å². The van der Waals surface area contributed by atoms with E-state index < -0.39 is 0 Å². The predicted octanol–water partition coefficient (Wildman–Crippen LogP) is 3.02. The number of nitrogens with zero attached hydrogens (tertiary/aromatic N) is 2. The van der Waals surface area contributed by atoms with Crippen molar-refractivity contribution in [3.8, 4) is 0 Å². The molecule has 3 nitrogen and oxygen atoms in total.